The first-order valence-corrected chi connectivity index (χ1v) is 21.5. The van der Waals surface area contributed by atoms with Crippen LogP contribution < -0.4 is 0 Å². The Balaban J connectivity index is 3.62. The second-order valence-corrected chi connectivity index (χ2v) is 14.0. The maximum atomic E-state index is 12.2. The number of unbranched alkanes of at least 4 members (excludes halogenated alkanes) is 18. The molecule has 0 unspecified atom stereocenters. The molecule has 1 atom stereocenters. The van der Waals surface area contributed by atoms with Crippen molar-refractivity contribution in [3.8, 4) is 0 Å². The summed E-state index contributed by atoms with van der Waals surface area (Å²) in [4.78, 5) is 24.3. The molecule has 0 aromatic rings. The normalized spacial score (nSPS) is 12.9. The maximum absolute atomic E-state index is 12.2. The molecule has 0 aliphatic heterocycles. The highest BCUT2D eigenvalue weighted by molar-refractivity contribution is 5.70. The molecular weight excluding hydrogens is 645 g/mol. The first kappa shape index (κ1) is 49.3. The van der Waals surface area contributed by atoms with E-state index < -0.39 is 6.10 Å². The van der Waals surface area contributed by atoms with Crippen molar-refractivity contribution >= 4 is 11.9 Å². The molecule has 0 radical (unpaired) electrons. The summed E-state index contributed by atoms with van der Waals surface area (Å²) in [5.74, 6) is -0.633. The molecule has 0 spiro atoms. The third-order valence-electron chi connectivity index (χ3n) is 8.98. The van der Waals surface area contributed by atoms with Crippen LogP contribution >= 0.6 is 0 Å². The fraction of sp³-hybridized carbons (Fsp3) is 0.702. The van der Waals surface area contributed by atoms with E-state index in [2.05, 4.69) is 86.8 Å². The predicted molar refractivity (Wildman–Crippen MR) is 223 cm³/mol. The number of esters is 2. The van der Waals surface area contributed by atoms with Crippen LogP contribution in [0.25, 0.3) is 0 Å². The third-order valence-corrected chi connectivity index (χ3v) is 8.98. The first-order valence-electron chi connectivity index (χ1n) is 21.5. The molecule has 0 aromatic heterocycles. The SMILES string of the molecule is CC/C=C/C/C=C/C/C=C/C/C=C/C/C=C/CCCCCC(=O)O[C@@H](CO)COC(=O)CCCCCCCCCCC/C=C/CCCCCCCC. The third kappa shape index (κ3) is 40.1. The Labute approximate surface area is 321 Å². The van der Waals surface area contributed by atoms with Crippen molar-refractivity contribution in [1.82, 2.24) is 0 Å². The number of rotatable bonds is 38. The highest BCUT2D eigenvalue weighted by Crippen LogP contribution is 2.13. The number of aliphatic hydroxyl groups is 1. The van der Waals surface area contributed by atoms with Crippen molar-refractivity contribution in [2.24, 2.45) is 0 Å². The van der Waals surface area contributed by atoms with Gasteiger partial charge in [-0.3, -0.25) is 9.59 Å². The topological polar surface area (TPSA) is 72.8 Å². The Bertz CT molecular complexity index is 957. The number of hydrogen-bond acceptors (Lipinski definition) is 5. The summed E-state index contributed by atoms with van der Waals surface area (Å²) in [7, 11) is 0. The van der Waals surface area contributed by atoms with E-state index in [1.54, 1.807) is 0 Å². The van der Waals surface area contributed by atoms with Crippen molar-refractivity contribution in [3.63, 3.8) is 0 Å². The summed E-state index contributed by atoms with van der Waals surface area (Å²) in [6.45, 7) is 3.99. The van der Waals surface area contributed by atoms with E-state index in [4.69, 9.17) is 9.47 Å². The van der Waals surface area contributed by atoms with Crippen molar-refractivity contribution in [2.45, 2.75) is 200 Å². The minimum absolute atomic E-state index is 0.0833. The molecule has 298 valence electrons. The van der Waals surface area contributed by atoms with Gasteiger partial charge < -0.3 is 14.6 Å². The zero-order valence-electron chi connectivity index (χ0n) is 33.8. The molecule has 0 saturated carbocycles. The van der Waals surface area contributed by atoms with E-state index in [0.29, 0.717) is 12.8 Å². The van der Waals surface area contributed by atoms with Crippen LogP contribution in [-0.2, 0) is 19.1 Å². The van der Waals surface area contributed by atoms with Gasteiger partial charge in [-0.1, -0.05) is 170 Å². The van der Waals surface area contributed by atoms with Gasteiger partial charge in [0.05, 0.1) is 6.61 Å². The number of carbonyl (C=O) groups excluding carboxylic acids is 2. The fourth-order valence-electron chi connectivity index (χ4n) is 5.75. The lowest BCUT2D eigenvalue weighted by atomic mass is 10.1. The molecule has 0 amide bonds. The molecule has 0 saturated heterocycles. The van der Waals surface area contributed by atoms with Gasteiger partial charge in [-0.05, 0) is 83.5 Å². The molecule has 0 aliphatic rings. The Hall–Kier alpha value is -2.66. The highest BCUT2D eigenvalue weighted by atomic mass is 16.6. The Morgan fingerprint density at radius 2 is 0.827 bits per heavy atom. The van der Waals surface area contributed by atoms with Gasteiger partial charge >= 0.3 is 11.9 Å². The van der Waals surface area contributed by atoms with Gasteiger partial charge in [0.15, 0.2) is 6.10 Å². The van der Waals surface area contributed by atoms with Crippen LogP contribution in [0.4, 0.5) is 0 Å². The summed E-state index contributed by atoms with van der Waals surface area (Å²) < 4.78 is 10.6. The zero-order valence-corrected chi connectivity index (χ0v) is 33.8. The van der Waals surface area contributed by atoms with Crippen LogP contribution in [0, 0.1) is 0 Å². The van der Waals surface area contributed by atoms with Crippen LogP contribution in [0.5, 0.6) is 0 Å². The number of allylic oxidation sites excluding steroid dienone is 12. The summed E-state index contributed by atoms with van der Waals surface area (Å²) in [5.41, 5.74) is 0. The van der Waals surface area contributed by atoms with Gasteiger partial charge in [-0.15, -0.1) is 0 Å². The van der Waals surface area contributed by atoms with Gasteiger partial charge in [0.2, 0.25) is 0 Å². The molecule has 0 heterocycles. The summed E-state index contributed by atoms with van der Waals surface area (Å²) in [6, 6.07) is 0. The Morgan fingerprint density at radius 1 is 0.462 bits per heavy atom. The largest absolute Gasteiger partial charge is 0.462 e. The molecule has 1 N–H and O–H groups in total. The molecule has 0 fully saturated rings. The zero-order chi connectivity index (χ0) is 37.8. The average molecular weight is 725 g/mol. The lowest BCUT2D eigenvalue weighted by molar-refractivity contribution is -0.161. The second-order valence-electron chi connectivity index (χ2n) is 14.0. The van der Waals surface area contributed by atoms with E-state index in [1.807, 2.05) is 0 Å². The second kappa shape index (κ2) is 42.8. The van der Waals surface area contributed by atoms with Crippen molar-refractivity contribution in [1.29, 1.82) is 0 Å². The molecule has 0 aliphatic carbocycles. The van der Waals surface area contributed by atoms with Gasteiger partial charge in [0.1, 0.15) is 6.61 Å². The van der Waals surface area contributed by atoms with Crippen LogP contribution in [-0.4, -0.2) is 36.4 Å². The van der Waals surface area contributed by atoms with Crippen LogP contribution in [0.2, 0.25) is 0 Å². The van der Waals surface area contributed by atoms with E-state index >= 15 is 0 Å². The minimum atomic E-state index is -0.793. The smallest absolute Gasteiger partial charge is 0.306 e. The molecule has 5 nitrogen and oxygen atoms in total. The van der Waals surface area contributed by atoms with E-state index in [9.17, 15) is 14.7 Å². The minimum Gasteiger partial charge on any atom is -0.462 e. The molecule has 0 bridgehead atoms. The number of carbonyl (C=O) groups is 2. The highest BCUT2D eigenvalue weighted by Gasteiger charge is 2.16. The standard InChI is InChI=1S/C47H80O5/c1-3-5-7-9-11-13-15-17-19-21-23-25-27-29-31-33-35-37-39-41-46(49)51-44-45(43-48)52-47(50)42-40-38-36-34-32-30-28-26-24-22-20-18-16-14-12-10-8-6-4-2/h6,8,12,14,17-20,24,26,30,32,45,48H,3-5,7,9-11,13,15-16,21-23,25,27-29,31,33-44H2,1-2H3/b8-6+,14-12+,19-17+,20-18+,26-24+,32-30+/t45-/m0/s1. The molecule has 0 rings (SSSR count). The van der Waals surface area contributed by atoms with Crippen molar-refractivity contribution in [2.75, 3.05) is 13.2 Å². The van der Waals surface area contributed by atoms with Gasteiger partial charge in [0, 0.05) is 12.8 Å². The van der Waals surface area contributed by atoms with Gasteiger partial charge in [-0.25, -0.2) is 0 Å². The molecule has 0 aromatic carbocycles. The van der Waals surface area contributed by atoms with E-state index in [0.717, 1.165) is 77.0 Å². The lowest BCUT2D eigenvalue weighted by Gasteiger charge is -2.15. The van der Waals surface area contributed by atoms with Crippen LogP contribution in [0.1, 0.15) is 194 Å². The number of ether oxygens (including phenoxy) is 2. The molecule has 52 heavy (non-hydrogen) atoms. The summed E-state index contributed by atoms with van der Waals surface area (Å²) >= 11 is 0. The van der Waals surface area contributed by atoms with Crippen LogP contribution in [0.3, 0.4) is 0 Å². The van der Waals surface area contributed by atoms with E-state index in [1.165, 1.54) is 89.9 Å². The first-order chi connectivity index (χ1) is 25.6. The van der Waals surface area contributed by atoms with Gasteiger partial charge in [0.25, 0.3) is 0 Å². The monoisotopic (exact) mass is 725 g/mol. The van der Waals surface area contributed by atoms with E-state index in [-0.39, 0.29) is 25.2 Å². The maximum Gasteiger partial charge on any atom is 0.306 e. The summed E-state index contributed by atoms with van der Waals surface area (Å²) in [6.07, 6.45) is 56.8. The van der Waals surface area contributed by atoms with Crippen molar-refractivity contribution < 1.29 is 24.2 Å². The average Bonchev–Trinajstić information content (AvgIpc) is 3.15. The number of hydrogen-bond donors (Lipinski definition) is 1. The Kier molecular flexibility index (Phi) is 40.6. The van der Waals surface area contributed by atoms with Crippen LogP contribution in [0.15, 0.2) is 72.9 Å². The number of aliphatic hydroxyl groups excluding tert-OH is 1. The fourth-order valence-corrected chi connectivity index (χ4v) is 5.75. The summed E-state index contributed by atoms with van der Waals surface area (Å²) in [5, 5.41) is 9.58. The van der Waals surface area contributed by atoms with Crippen molar-refractivity contribution in [3.05, 3.63) is 72.9 Å². The predicted octanol–water partition coefficient (Wildman–Crippen LogP) is 13.7. The molecule has 5 heteroatoms. The Morgan fingerprint density at radius 3 is 1.29 bits per heavy atom. The molecular formula is C47H80O5. The van der Waals surface area contributed by atoms with Gasteiger partial charge in [-0.2, -0.15) is 0 Å². The quantitative estimate of drug-likeness (QED) is 0.0390. The lowest BCUT2D eigenvalue weighted by Crippen LogP contribution is -2.28.